The van der Waals surface area contributed by atoms with Crippen molar-refractivity contribution in [2.24, 2.45) is 0 Å². The van der Waals surface area contributed by atoms with Crippen molar-refractivity contribution in [1.82, 2.24) is 14.9 Å². The Bertz CT molecular complexity index is 926. The summed E-state index contributed by atoms with van der Waals surface area (Å²) in [4.78, 5) is 36.4. The Morgan fingerprint density at radius 2 is 1.83 bits per heavy atom. The minimum Gasteiger partial charge on any atom is -0.350 e. The Labute approximate surface area is 131 Å². The van der Waals surface area contributed by atoms with Crippen LogP contribution in [0, 0.1) is 0 Å². The maximum atomic E-state index is 11.8. The topological polar surface area (TPSA) is 118 Å². The van der Waals surface area contributed by atoms with Crippen LogP contribution in [0.2, 0.25) is 0 Å². The largest absolute Gasteiger partial charge is 0.350 e. The summed E-state index contributed by atoms with van der Waals surface area (Å²) < 4.78 is 23.8. The maximum absolute atomic E-state index is 11.8. The number of rotatable bonds is 5. The van der Waals surface area contributed by atoms with E-state index in [9.17, 15) is 22.8 Å². The van der Waals surface area contributed by atoms with Gasteiger partial charge in [-0.2, -0.15) is 0 Å². The van der Waals surface area contributed by atoms with Crippen LogP contribution in [-0.4, -0.2) is 30.1 Å². The maximum Gasteiger partial charge on any atom is 0.328 e. The number of aromatic amines is 1. The smallest absolute Gasteiger partial charge is 0.328 e. The summed E-state index contributed by atoms with van der Waals surface area (Å²) in [7, 11) is -3.25. The molecule has 1 amide bonds. The van der Waals surface area contributed by atoms with E-state index >= 15 is 0 Å². The van der Waals surface area contributed by atoms with E-state index in [1.807, 2.05) is 0 Å². The lowest BCUT2D eigenvalue weighted by molar-refractivity contribution is -0.121. The molecule has 1 aromatic carbocycles. The molecule has 1 aromatic heterocycles. The van der Waals surface area contributed by atoms with Gasteiger partial charge in [0.05, 0.1) is 4.90 Å². The summed E-state index contributed by atoms with van der Waals surface area (Å²) in [5.74, 6) is -0.411. The number of sulfone groups is 1. The highest BCUT2D eigenvalue weighted by Gasteiger charge is 2.07. The van der Waals surface area contributed by atoms with E-state index in [-0.39, 0.29) is 18.0 Å². The van der Waals surface area contributed by atoms with Crippen LogP contribution in [0.4, 0.5) is 0 Å². The standard InChI is InChI=1S/C14H15N3O5S/c1-23(21,22)11-4-2-10(3-5-11)8-15-13(19)9-17-7-6-12(18)16-14(17)20/h2-7H,8-9H2,1H3,(H,15,19)(H,16,18,20). The van der Waals surface area contributed by atoms with Gasteiger partial charge in [0, 0.05) is 25.1 Å². The number of hydrogen-bond donors (Lipinski definition) is 2. The second kappa shape index (κ2) is 6.61. The number of aromatic nitrogens is 2. The number of H-pyrrole nitrogens is 1. The Balaban J connectivity index is 1.96. The van der Waals surface area contributed by atoms with Gasteiger partial charge in [0.15, 0.2) is 9.84 Å². The first-order valence-corrected chi connectivity index (χ1v) is 8.50. The van der Waals surface area contributed by atoms with Gasteiger partial charge in [0.2, 0.25) is 5.91 Å². The normalized spacial score (nSPS) is 11.2. The van der Waals surface area contributed by atoms with Crippen LogP contribution in [-0.2, 0) is 27.7 Å². The summed E-state index contributed by atoms with van der Waals surface area (Å²) in [6.45, 7) is -0.0297. The molecule has 1 heterocycles. The van der Waals surface area contributed by atoms with Crippen LogP contribution < -0.4 is 16.6 Å². The first kappa shape index (κ1) is 16.7. The third-order valence-corrected chi connectivity index (χ3v) is 4.18. The molecule has 0 radical (unpaired) electrons. The Kier molecular flexibility index (Phi) is 4.80. The van der Waals surface area contributed by atoms with Crippen molar-refractivity contribution in [1.29, 1.82) is 0 Å². The summed E-state index contributed by atoms with van der Waals surface area (Å²) in [5, 5.41) is 2.61. The molecule has 2 rings (SSSR count). The lowest BCUT2D eigenvalue weighted by atomic mass is 10.2. The quantitative estimate of drug-likeness (QED) is 0.745. The number of amides is 1. The van der Waals surface area contributed by atoms with Crippen molar-refractivity contribution in [3.63, 3.8) is 0 Å². The molecule has 0 aliphatic carbocycles. The van der Waals surface area contributed by atoms with Gasteiger partial charge >= 0.3 is 5.69 Å². The van der Waals surface area contributed by atoms with Gasteiger partial charge in [-0.25, -0.2) is 13.2 Å². The van der Waals surface area contributed by atoms with Crippen LogP contribution in [0.15, 0.2) is 51.0 Å². The minimum atomic E-state index is -3.25. The highest BCUT2D eigenvalue weighted by molar-refractivity contribution is 7.90. The summed E-state index contributed by atoms with van der Waals surface area (Å²) in [6.07, 6.45) is 2.35. The second-order valence-electron chi connectivity index (χ2n) is 4.93. The van der Waals surface area contributed by atoms with E-state index in [1.54, 1.807) is 12.1 Å². The third-order valence-electron chi connectivity index (χ3n) is 3.05. The lowest BCUT2D eigenvalue weighted by Crippen LogP contribution is -2.35. The molecule has 2 N–H and O–H groups in total. The van der Waals surface area contributed by atoms with E-state index < -0.39 is 27.0 Å². The van der Waals surface area contributed by atoms with E-state index in [4.69, 9.17) is 0 Å². The third kappa shape index (κ3) is 4.65. The van der Waals surface area contributed by atoms with Crippen LogP contribution in [0.1, 0.15) is 5.56 Å². The molecule has 0 unspecified atom stereocenters. The van der Waals surface area contributed by atoms with Gasteiger partial charge < -0.3 is 5.32 Å². The number of carbonyl (C=O) groups excluding carboxylic acids is 1. The molecular weight excluding hydrogens is 322 g/mol. The average Bonchev–Trinajstić information content (AvgIpc) is 2.47. The highest BCUT2D eigenvalue weighted by Crippen LogP contribution is 2.10. The van der Waals surface area contributed by atoms with E-state index in [2.05, 4.69) is 10.3 Å². The van der Waals surface area contributed by atoms with Crippen LogP contribution in [0.25, 0.3) is 0 Å². The van der Waals surface area contributed by atoms with Gasteiger partial charge in [0.25, 0.3) is 5.56 Å². The molecule has 0 bridgehead atoms. The molecule has 0 fully saturated rings. The molecule has 0 aliphatic heterocycles. The van der Waals surface area contributed by atoms with Crippen LogP contribution >= 0.6 is 0 Å². The summed E-state index contributed by atoms with van der Waals surface area (Å²) in [6, 6.07) is 7.27. The van der Waals surface area contributed by atoms with Gasteiger partial charge in [-0.1, -0.05) is 12.1 Å². The monoisotopic (exact) mass is 337 g/mol. The first-order chi connectivity index (χ1) is 10.8. The molecule has 0 aliphatic rings. The molecule has 9 heteroatoms. The molecule has 0 saturated heterocycles. The first-order valence-electron chi connectivity index (χ1n) is 6.61. The van der Waals surface area contributed by atoms with Crippen molar-refractivity contribution < 1.29 is 13.2 Å². The van der Waals surface area contributed by atoms with Crippen molar-refractivity contribution in [3.05, 3.63) is 62.9 Å². The fourth-order valence-electron chi connectivity index (χ4n) is 1.83. The molecule has 0 spiro atoms. The fraction of sp³-hybridized carbons (Fsp3) is 0.214. The van der Waals surface area contributed by atoms with Gasteiger partial charge in [-0.3, -0.25) is 19.1 Å². The minimum absolute atomic E-state index is 0.195. The van der Waals surface area contributed by atoms with E-state index in [0.29, 0.717) is 0 Å². The SMILES string of the molecule is CS(=O)(=O)c1ccc(CNC(=O)Cn2ccc(=O)[nH]c2=O)cc1. The molecule has 8 nitrogen and oxygen atoms in total. The number of benzene rings is 1. The van der Waals surface area contributed by atoms with Crippen molar-refractivity contribution in [2.45, 2.75) is 18.0 Å². The second-order valence-corrected chi connectivity index (χ2v) is 6.95. The number of nitrogens with zero attached hydrogens (tertiary/aromatic N) is 1. The van der Waals surface area contributed by atoms with Crippen molar-refractivity contribution in [2.75, 3.05) is 6.26 Å². The summed E-state index contributed by atoms with van der Waals surface area (Å²) in [5.41, 5.74) is -0.470. The van der Waals surface area contributed by atoms with Gasteiger partial charge in [-0.05, 0) is 17.7 Å². The van der Waals surface area contributed by atoms with E-state index in [0.717, 1.165) is 22.5 Å². The summed E-state index contributed by atoms with van der Waals surface area (Å²) >= 11 is 0. The van der Waals surface area contributed by atoms with Crippen molar-refractivity contribution in [3.8, 4) is 0 Å². The van der Waals surface area contributed by atoms with Gasteiger partial charge in [-0.15, -0.1) is 0 Å². The fourth-order valence-corrected chi connectivity index (χ4v) is 2.46. The zero-order valence-electron chi connectivity index (χ0n) is 12.3. The predicted octanol–water partition coefficient (Wildman–Crippen LogP) is -0.743. The average molecular weight is 337 g/mol. The molecule has 23 heavy (non-hydrogen) atoms. The Hall–Kier alpha value is -2.68. The number of nitrogens with one attached hydrogen (secondary N) is 2. The molecular formula is C14H15N3O5S. The highest BCUT2D eigenvalue weighted by atomic mass is 32.2. The number of hydrogen-bond acceptors (Lipinski definition) is 5. The van der Waals surface area contributed by atoms with Crippen LogP contribution in [0.5, 0.6) is 0 Å². The lowest BCUT2D eigenvalue weighted by Gasteiger charge is -2.07. The van der Waals surface area contributed by atoms with E-state index in [1.165, 1.54) is 18.3 Å². The molecule has 0 atom stereocenters. The van der Waals surface area contributed by atoms with Crippen molar-refractivity contribution >= 4 is 15.7 Å². The predicted molar refractivity (Wildman–Crippen MR) is 82.7 cm³/mol. The molecule has 0 saturated carbocycles. The van der Waals surface area contributed by atoms with Crippen LogP contribution in [0.3, 0.4) is 0 Å². The zero-order chi connectivity index (χ0) is 17.0. The number of carbonyl (C=O) groups is 1. The Morgan fingerprint density at radius 3 is 2.39 bits per heavy atom. The zero-order valence-corrected chi connectivity index (χ0v) is 13.1. The van der Waals surface area contributed by atoms with Gasteiger partial charge in [0.1, 0.15) is 6.54 Å². The molecule has 2 aromatic rings. The Morgan fingerprint density at radius 1 is 1.17 bits per heavy atom. The molecule has 122 valence electrons.